The zero-order valence-electron chi connectivity index (χ0n) is 7.83. The van der Waals surface area contributed by atoms with Gasteiger partial charge in [0.15, 0.2) is 0 Å². The molecule has 0 unspecified atom stereocenters. The zero-order valence-corrected chi connectivity index (χ0v) is 7.83. The highest BCUT2D eigenvalue weighted by atomic mass is 16.5. The standard InChI is InChI=1S/C10H13NO2/c1-3-13-9-6-4-5-8(7-9)10(12)11-2/h4-7H,3H2,1-2H3,(H,11,12). The number of carbonyl (C=O) groups excluding carboxylic acids is 1. The van der Waals surface area contributed by atoms with Gasteiger partial charge in [0.2, 0.25) is 0 Å². The smallest absolute Gasteiger partial charge is 0.251 e. The van der Waals surface area contributed by atoms with Gasteiger partial charge in [0.25, 0.3) is 5.91 Å². The van der Waals surface area contributed by atoms with E-state index in [1.165, 1.54) is 0 Å². The van der Waals surface area contributed by atoms with Crippen LogP contribution in [0, 0.1) is 0 Å². The first kappa shape index (κ1) is 9.58. The minimum absolute atomic E-state index is 0.0958. The zero-order chi connectivity index (χ0) is 9.68. The van der Waals surface area contributed by atoms with Crippen LogP contribution in [0.1, 0.15) is 17.3 Å². The van der Waals surface area contributed by atoms with Gasteiger partial charge in [-0.25, -0.2) is 0 Å². The van der Waals surface area contributed by atoms with Crippen LogP contribution in [0.3, 0.4) is 0 Å². The quantitative estimate of drug-likeness (QED) is 0.762. The molecule has 0 aromatic heterocycles. The number of hydrogen-bond donors (Lipinski definition) is 1. The largest absolute Gasteiger partial charge is 0.494 e. The van der Waals surface area contributed by atoms with Crippen molar-refractivity contribution in [1.29, 1.82) is 0 Å². The fourth-order valence-corrected chi connectivity index (χ4v) is 1.04. The number of carbonyl (C=O) groups is 1. The van der Waals surface area contributed by atoms with Crippen molar-refractivity contribution in [1.82, 2.24) is 5.32 Å². The molecule has 0 aliphatic carbocycles. The Morgan fingerprint density at radius 1 is 1.54 bits per heavy atom. The fourth-order valence-electron chi connectivity index (χ4n) is 1.04. The van der Waals surface area contributed by atoms with Gasteiger partial charge in [-0.05, 0) is 25.1 Å². The summed E-state index contributed by atoms with van der Waals surface area (Å²) in [5.74, 6) is 0.630. The molecular weight excluding hydrogens is 166 g/mol. The van der Waals surface area contributed by atoms with Crippen molar-refractivity contribution in [3.05, 3.63) is 29.8 Å². The van der Waals surface area contributed by atoms with Crippen molar-refractivity contribution in [2.75, 3.05) is 13.7 Å². The second-order valence-electron chi connectivity index (χ2n) is 2.54. The minimum Gasteiger partial charge on any atom is -0.494 e. The number of rotatable bonds is 3. The molecule has 0 radical (unpaired) electrons. The molecule has 3 nitrogen and oxygen atoms in total. The summed E-state index contributed by atoms with van der Waals surface area (Å²) in [5, 5.41) is 2.56. The summed E-state index contributed by atoms with van der Waals surface area (Å²) in [6, 6.07) is 7.11. The maximum atomic E-state index is 11.2. The molecule has 1 aromatic carbocycles. The lowest BCUT2D eigenvalue weighted by molar-refractivity contribution is 0.0962. The number of benzene rings is 1. The van der Waals surface area contributed by atoms with Crippen LogP contribution in [0.4, 0.5) is 0 Å². The van der Waals surface area contributed by atoms with Gasteiger partial charge in [-0.3, -0.25) is 4.79 Å². The summed E-state index contributed by atoms with van der Waals surface area (Å²) < 4.78 is 5.26. The van der Waals surface area contributed by atoms with Gasteiger partial charge >= 0.3 is 0 Å². The highest BCUT2D eigenvalue weighted by molar-refractivity contribution is 5.94. The van der Waals surface area contributed by atoms with Gasteiger partial charge in [-0.1, -0.05) is 6.07 Å². The monoisotopic (exact) mass is 179 g/mol. The molecule has 0 aliphatic heterocycles. The average molecular weight is 179 g/mol. The van der Waals surface area contributed by atoms with Gasteiger partial charge in [0.05, 0.1) is 6.61 Å². The summed E-state index contributed by atoms with van der Waals surface area (Å²) >= 11 is 0. The molecule has 0 bridgehead atoms. The summed E-state index contributed by atoms with van der Waals surface area (Å²) in [5.41, 5.74) is 0.619. The predicted molar refractivity (Wildman–Crippen MR) is 51.0 cm³/mol. The topological polar surface area (TPSA) is 38.3 Å². The minimum atomic E-state index is -0.0958. The van der Waals surface area contributed by atoms with Crippen LogP contribution >= 0.6 is 0 Å². The second kappa shape index (κ2) is 4.50. The molecule has 1 aromatic rings. The summed E-state index contributed by atoms with van der Waals surface area (Å²) in [6.07, 6.45) is 0. The van der Waals surface area contributed by atoms with Crippen LogP contribution in [0.2, 0.25) is 0 Å². The molecule has 0 saturated heterocycles. The Bertz CT molecular complexity index is 297. The van der Waals surface area contributed by atoms with Gasteiger partial charge in [0.1, 0.15) is 5.75 Å². The first-order valence-corrected chi connectivity index (χ1v) is 4.23. The molecule has 3 heteroatoms. The molecule has 0 atom stereocenters. The van der Waals surface area contributed by atoms with Crippen LogP contribution in [0.5, 0.6) is 5.75 Å². The van der Waals surface area contributed by atoms with E-state index in [-0.39, 0.29) is 5.91 Å². The van der Waals surface area contributed by atoms with Crippen LogP contribution in [0.15, 0.2) is 24.3 Å². The van der Waals surface area contributed by atoms with Crippen molar-refractivity contribution < 1.29 is 9.53 Å². The number of amides is 1. The van der Waals surface area contributed by atoms with Crippen molar-refractivity contribution in [2.24, 2.45) is 0 Å². The van der Waals surface area contributed by atoms with Gasteiger partial charge in [0, 0.05) is 12.6 Å². The van der Waals surface area contributed by atoms with Crippen LogP contribution in [-0.2, 0) is 0 Å². The molecule has 0 fully saturated rings. The van der Waals surface area contributed by atoms with Crippen molar-refractivity contribution in [3.63, 3.8) is 0 Å². The highest BCUT2D eigenvalue weighted by Gasteiger charge is 2.02. The third kappa shape index (κ3) is 2.47. The van der Waals surface area contributed by atoms with E-state index < -0.39 is 0 Å². The van der Waals surface area contributed by atoms with Crippen LogP contribution in [0.25, 0.3) is 0 Å². The Balaban J connectivity index is 2.85. The van der Waals surface area contributed by atoms with Crippen molar-refractivity contribution in [3.8, 4) is 5.75 Å². The molecule has 0 aliphatic rings. The Kier molecular flexibility index (Phi) is 3.31. The first-order chi connectivity index (χ1) is 6.27. The second-order valence-corrected chi connectivity index (χ2v) is 2.54. The molecule has 1 amide bonds. The molecule has 0 heterocycles. The lowest BCUT2D eigenvalue weighted by Gasteiger charge is -2.04. The Labute approximate surface area is 77.7 Å². The van der Waals surface area contributed by atoms with Gasteiger partial charge in [-0.15, -0.1) is 0 Å². The van der Waals surface area contributed by atoms with E-state index in [1.54, 1.807) is 25.2 Å². The summed E-state index contributed by atoms with van der Waals surface area (Å²) in [6.45, 7) is 2.52. The fraction of sp³-hybridized carbons (Fsp3) is 0.300. The molecule has 13 heavy (non-hydrogen) atoms. The molecule has 0 saturated carbocycles. The summed E-state index contributed by atoms with van der Waals surface area (Å²) in [4.78, 5) is 11.2. The molecule has 1 rings (SSSR count). The molecular formula is C10H13NO2. The normalized spacial score (nSPS) is 9.38. The van der Waals surface area contributed by atoms with Crippen molar-refractivity contribution >= 4 is 5.91 Å². The lowest BCUT2D eigenvalue weighted by Crippen LogP contribution is -2.17. The van der Waals surface area contributed by atoms with E-state index in [9.17, 15) is 4.79 Å². The molecule has 1 N–H and O–H groups in total. The van der Waals surface area contributed by atoms with E-state index in [0.717, 1.165) is 5.75 Å². The maximum Gasteiger partial charge on any atom is 0.251 e. The molecule has 70 valence electrons. The lowest BCUT2D eigenvalue weighted by atomic mass is 10.2. The third-order valence-electron chi connectivity index (χ3n) is 1.63. The Morgan fingerprint density at radius 3 is 2.92 bits per heavy atom. The Morgan fingerprint density at radius 2 is 2.31 bits per heavy atom. The van der Waals surface area contributed by atoms with Gasteiger partial charge < -0.3 is 10.1 Å². The SMILES string of the molecule is CCOc1cccc(C(=O)NC)c1. The highest BCUT2D eigenvalue weighted by Crippen LogP contribution is 2.12. The van der Waals surface area contributed by atoms with E-state index in [4.69, 9.17) is 4.74 Å². The predicted octanol–water partition coefficient (Wildman–Crippen LogP) is 1.44. The third-order valence-corrected chi connectivity index (χ3v) is 1.63. The number of ether oxygens (including phenoxy) is 1. The van der Waals surface area contributed by atoms with Crippen LogP contribution in [-0.4, -0.2) is 19.6 Å². The maximum absolute atomic E-state index is 11.2. The Hall–Kier alpha value is -1.51. The van der Waals surface area contributed by atoms with Gasteiger partial charge in [-0.2, -0.15) is 0 Å². The van der Waals surface area contributed by atoms with E-state index >= 15 is 0 Å². The van der Waals surface area contributed by atoms with E-state index in [2.05, 4.69) is 5.32 Å². The first-order valence-electron chi connectivity index (χ1n) is 4.23. The van der Waals surface area contributed by atoms with E-state index in [1.807, 2.05) is 13.0 Å². The van der Waals surface area contributed by atoms with E-state index in [0.29, 0.717) is 12.2 Å². The van der Waals surface area contributed by atoms with Crippen LogP contribution < -0.4 is 10.1 Å². The van der Waals surface area contributed by atoms with Crippen molar-refractivity contribution in [2.45, 2.75) is 6.92 Å². The average Bonchev–Trinajstić information content (AvgIpc) is 2.18. The summed E-state index contributed by atoms with van der Waals surface area (Å²) in [7, 11) is 1.61. The molecule has 0 spiro atoms. The number of nitrogens with one attached hydrogen (secondary N) is 1. The number of hydrogen-bond acceptors (Lipinski definition) is 2.